The number of benzene rings is 1. The first-order chi connectivity index (χ1) is 12.1. The molecule has 1 amide bonds. The highest BCUT2D eigenvalue weighted by Gasteiger charge is 2.18. The lowest BCUT2D eigenvalue weighted by Crippen LogP contribution is -2.42. The molecule has 0 radical (unpaired) electrons. The van der Waals surface area contributed by atoms with Crippen LogP contribution in [0.1, 0.15) is 32.1 Å². The van der Waals surface area contributed by atoms with Crippen LogP contribution in [0.25, 0.3) is 11.0 Å². The second-order valence-corrected chi connectivity index (χ2v) is 6.45. The number of allylic oxidation sites excluding steroid dienone is 1. The van der Waals surface area contributed by atoms with Crippen molar-refractivity contribution >= 4 is 16.9 Å². The Balaban J connectivity index is 1.88. The molecular formula is C19H23N3O3. The molecule has 6 nitrogen and oxygen atoms in total. The van der Waals surface area contributed by atoms with Crippen LogP contribution in [0.5, 0.6) is 0 Å². The van der Waals surface area contributed by atoms with Gasteiger partial charge in [0.15, 0.2) is 0 Å². The number of nitrogens with zero attached hydrogens (tertiary/aromatic N) is 2. The number of para-hydroxylation sites is 2. The van der Waals surface area contributed by atoms with E-state index in [2.05, 4.69) is 11.9 Å². The third-order valence-electron chi connectivity index (χ3n) is 4.73. The van der Waals surface area contributed by atoms with Crippen LogP contribution in [0.3, 0.4) is 0 Å². The monoisotopic (exact) mass is 341 g/mol. The molecule has 3 rings (SSSR count). The summed E-state index contributed by atoms with van der Waals surface area (Å²) in [6.07, 6.45) is 6.11. The topological polar surface area (TPSA) is 73.1 Å². The number of fused-ring (bicyclic) bond motifs is 1. The minimum atomic E-state index is -0.603. The summed E-state index contributed by atoms with van der Waals surface area (Å²) >= 11 is 0. The zero-order valence-corrected chi connectivity index (χ0v) is 14.2. The molecule has 0 saturated heterocycles. The average molecular weight is 341 g/mol. The molecule has 132 valence electrons. The van der Waals surface area contributed by atoms with E-state index in [0.29, 0.717) is 11.0 Å². The highest BCUT2D eigenvalue weighted by atomic mass is 16.2. The SMILES string of the molecule is C=CCn1c(=O)c(=O)n(CCC(=O)NC2CCCC2)c2ccccc21. The predicted octanol–water partition coefficient (Wildman–Crippen LogP) is 1.80. The number of amides is 1. The Kier molecular flexibility index (Phi) is 5.16. The molecule has 1 fully saturated rings. The van der Waals surface area contributed by atoms with Crippen LogP contribution in [0.2, 0.25) is 0 Å². The maximum absolute atomic E-state index is 12.5. The lowest BCUT2D eigenvalue weighted by Gasteiger charge is -2.15. The summed E-state index contributed by atoms with van der Waals surface area (Å²) in [6.45, 7) is 4.11. The number of rotatable bonds is 6. The Bertz CT molecular complexity index is 904. The van der Waals surface area contributed by atoms with Gasteiger partial charge in [-0.05, 0) is 25.0 Å². The van der Waals surface area contributed by atoms with E-state index in [-0.39, 0.29) is 31.5 Å². The van der Waals surface area contributed by atoms with Crippen molar-refractivity contribution in [2.24, 2.45) is 0 Å². The highest BCUT2D eigenvalue weighted by molar-refractivity contribution is 5.77. The molecule has 1 aliphatic carbocycles. The van der Waals surface area contributed by atoms with Gasteiger partial charge in [0.25, 0.3) is 0 Å². The molecule has 1 saturated carbocycles. The van der Waals surface area contributed by atoms with E-state index in [0.717, 1.165) is 25.7 Å². The van der Waals surface area contributed by atoms with Gasteiger partial charge >= 0.3 is 11.1 Å². The van der Waals surface area contributed by atoms with Gasteiger partial charge in [0.1, 0.15) is 0 Å². The van der Waals surface area contributed by atoms with Gasteiger partial charge in [-0.25, -0.2) is 0 Å². The van der Waals surface area contributed by atoms with Crippen molar-refractivity contribution in [3.05, 3.63) is 57.6 Å². The van der Waals surface area contributed by atoms with Crippen LogP contribution in [-0.2, 0) is 17.9 Å². The Morgan fingerprint density at radius 1 is 1.12 bits per heavy atom. The molecule has 1 N–H and O–H groups in total. The molecule has 0 bridgehead atoms. The van der Waals surface area contributed by atoms with Crippen molar-refractivity contribution in [1.29, 1.82) is 0 Å². The molecule has 0 unspecified atom stereocenters. The van der Waals surface area contributed by atoms with Crippen molar-refractivity contribution in [2.75, 3.05) is 0 Å². The van der Waals surface area contributed by atoms with Crippen molar-refractivity contribution in [2.45, 2.75) is 51.2 Å². The summed E-state index contributed by atoms with van der Waals surface area (Å²) in [4.78, 5) is 37.0. The average Bonchev–Trinajstić information content (AvgIpc) is 3.11. The van der Waals surface area contributed by atoms with Gasteiger partial charge in [0, 0.05) is 25.6 Å². The molecule has 6 heteroatoms. The Morgan fingerprint density at radius 2 is 1.72 bits per heavy atom. The highest BCUT2D eigenvalue weighted by Crippen LogP contribution is 2.17. The van der Waals surface area contributed by atoms with Crippen LogP contribution in [0, 0.1) is 0 Å². The third-order valence-corrected chi connectivity index (χ3v) is 4.73. The molecular weight excluding hydrogens is 318 g/mol. The van der Waals surface area contributed by atoms with Gasteiger partial charge in [-0.1, -0.05) is 31.1 Å². The van der Waals surface area contributed by atoms with Crippen molar-refractivity contribution in [1.82, 2.24) is 14.5 Å². The summed E-state index contributed by atoms with van der Waals surface area (Å²) in [5, 5.41) is 3.01. The van der Waals surface area contributed by atoms with Crippen molar-refractivity contribution in [3.63, 3.8) is 0 Å². The first kappa shape index (κ1) is 17.2. The van der Waals surface area contributed by atoms with Gasteiger partial charge in [-0.15, -0.1) is 6.58 Å². The van der Waals surface area contributed by atoms with E-state index in [1.807, 2.05) is 12.1 Å². The van der Waals surface area contributed by atoms with Gasteiger partial charge in [-0.2, -0.15) is 0 Å². The summed E-state index contributed by atoms with van der Waals surface area (Å²) in [6, 6.07) is 7.49. The summed E-state index contributed by atoms with van der Waals surface area (Å²) in [5.74, 6) is -0.0712. The van der Waals surface area contributed by atoms with E-state index in [4.69, 9.17) is 0 Å². The number of nitrogens with one attached hydrogen (secondary N) is 1. The fraction of sp³-hybridized carbons (Fsp3) is 0.421. The van der Waals surface area contributed by atoms with Gasteiger partial charge in [-0.3, -0.25) is 19.0 Å². The summed E-state index contributed by atoms with van der Waals surface area (Å²) in [7, 11) is 0. The van der Waals surface area contributed by atoms with Crippen molar-refractivity contribution in [3.8, 4) is 0 Å². The Labute approximate surface area is 145 Å². The van der Waals surface area contributed by atoms with Crippen LogP contribution in [0.15, 0.2) is 46.5 Å². The maximum atomic E-state index is 12.5. The number of hydrogen-bond donors (Lipinski definition) is 1. The number of carbonyl (C=O) groups is 1. The standard InChI is InChI=1S/C19H23N3O3/c1-2-12-21-15-9-5-6-10-16(15)22(19(25)18(21)24)13-11-17(23)20-14-7-3-4-8-14/h2,5-6,9-10,14H,1,3-4,7-8,11-13H2,(H,20,23). The largest absolute Gasteiger partial charge is 0.353 e. The molecule has 0 spiro atoms. The van der Waals surface area contributed by atoms with E-state index in [1.54, 1.807) is 18.2 Å². The predicted molar refractivity (Wildman–Crippen MR) is 97.7 cm³/mol. The van der Waals surface area contributed by atoms with E-state index < -0.39 is 11.1 Å². The first-order valence-corrected chi connectivity index (χ1v) is 8.74. The third kappa shape index (κ3) is 3.57. The zero-order valence-electron chi connectivity index (χ0n) is 14.2. The second-order valence-electron chi connectivity index (χ2n) is 6.45. The van der Waals surface area contributed by atoms with Gasteiger partial charge < -0.3 is 9.88 Å². The lowest BCUT2D eigenvalue weighted by atomic mass is 10.2. The summed E-state index contributed by atoms with van der Waals surface area (Å²) in [5.41, 5.74) is 0.134. The smallest absolute Gasteiger partial charge is 0.317 e. The molecule has 1 heterocycles. The van der Waals surface area contributed by atoms with Crippen LogP contribution < -0.4 is 16.4 Å². The molecule has 2 aromatic rings. The lowest BCUT2D eigenvalue weighted by molar-refractivity contribution is -0.121. The number of aryl methyl sites for hydroxylation is 1. The molecule has 25 heavy (non-hydrogen) atoms. The first-order valence-electron chi connectivity index (χ1n) is 8.74. The van der Waals surface area contributed by atoms with Crippen LogP contribution in [-0.4, -0.2) is 21.1 Å². The van der Waals surface area contributed by atoms with Crippen LogP contribution >= 0.6 is 0 Å². The van der Waals surface area contributed by atoms with E-state index in [1.165, 1.54) is 9.13 Å². The summed E-state index contributed by atoms with van der Waals surface area (Å²) < 4.78 is 2.82. The Morgan fingerprint density at radius 3 is 2.36 bits per heavy atom. The van der Waals surface area contributed by atoms with Crippen LogP contribution in [0.4, 0.5) is 0 Å². The minimum Gasteiger partial charge on any atom is -0.353 e. The van der Waals surface area contributed by atoms with E-state index in [9.17, 15) is 14.4 Å². The molecule has 1 aromatic carbocycles. The van der Waals surface area contributed by atoms with E-state index >= 15 is 0 Å². The number of carbonyl (C=O) groups excluding carboxylic acids is 1. The van der Waals surface area contributed by atoms with Crippen molar-refractivity contribution < 1.29 is 4.79 Å². The van der Waals surface area contributed by atoms with Gasteiger partial charge in [0.05, 0.1) is 11.0 Å². The molecule has 0 atom stereocenters. The quantitative estimate of drug-likeness (QED) is 0.643. The second kappa shape index (κ2) is 7.51. The maximum Gasteiger partial charge on any atom is 0.317 e. The fourth-order valence-corrected chi connectivity index (χ4v) is 3.49. The fourth-order valence-electron chi connectivity index (χ4n) is 3.49. The minimum absolute atomic E-state index is 0.0712. The number of hydrogen-bond acceptors (Lipinski definition) is 3. The van der Waals surface area contributed by atoms with Gasteiger partial charge in [0.2, 0.25) is 5.91 Å². The Hall–Kier alpha value is -2.63. The zero-order chi connectivity index (χ0) is 17.8. The molecule has 0 aliphatic heterocycles. The molecule has 1 aliphatic rings. The molecule has 1 aromatic heterocycles. The number of aromatic nitrogens is 2. The normalized spacial score (nSPS) is 14.7.